The van der Waals surface area contributed by atoms with Gasteiger partial charge in [0.1, 0.15) is 6.54 Å². The van der Waals surface area contributed by atoms with Gasteiger partial charge in [0.25, 0.3) is 0 Å². The van der Waals surface area contributed by atoms with Gasteiger partial charge in [-0.15, -0.1) is 0 Å². The number of hydrogen-bond acceptors (Lipinski definition) is 4. The number of carboxylic acids is 1. The maximum atomic E-state index is 13.1. The van der Waals surface area contributed by atoms with Crippen molar-refractivity contribution in [3.05, 3.63) is 52.3 Å². The lowest BCUT2D eigenvalue weighted by molar-refractivity contribution is -0.137. The van der Waals surface area contributed by atoms with E-state index in [9.17, 15) is 18.3 Å². The monoisotopic (exact) mass is 460 g/mol. The number of morpholine rings is 1. The molecule has 2 aromatic rings. The Morgan fingerprint density at radius 2 is 1.94 bits per heavy atom. The van der Waals surface area contributed by atoms with Gasteiger partial charge in [0, 0.05) is 24.5 Å². The number of sulfonamides is 1. The van der Waals surface area contributed by atoms with Crippen molar-refractivity contribution in [2.24, 2.45) is 5.41 Å². The maximum absolute atomic E-state index is 13.1. The molecular weight excluding hydrogens is 428 g/mol. The fourth-order valence-electron chi connectivity index (χ4n) is 4.98. The van der Waals surface area contributed by atoms with E-state index in [1.165, 1.54) is 9.87 Å². The molecule has 1 aliphatic heterocycles. The van der Waals surface area contributed by atoms with Crippen LogP contribution < -0.4 is 0 Å². The fourth-order valence-corrected chi connectivity index (χ4v) is 6.46. The number of fused-ring (bicyclic) bond motifs is 1. The third kappa shape index (κ3) is 4.49. The largest absolute Gasteiger partial charge is 0.480 e. The van der Waals surface area contributed by atoms with Crippen LogP contribution in [0.4, 0.5) is 0 Å². The summed E-state index contributed by atoms with van der Waals surface area (Å²) >= 11 is 0. The third-order valence-electron chi connectivity index (χ3n) is 6.75. The number of nitrogens with zero attached hydrogens (tertiary/aromatic N) is 2. The standard InChI is InChI=1S/C24H32N2O5S/c1-17-20(21-15-24(2,3)8-7-22(21)26(17)16-23(27)28)14-18-5-4-6-19(13-18)32(29,30)25-9-11-31-12-10-25/h4-6,13H,7-12,14-16H2,1-3H3,(H,27,28). The van der Waals surface area contributed by atoms with Gasteiger partial charge in [0.15, 0.2) is 0 Å². The molecule has 1 saturated heterocycles. The van der Waals surface area contributed by atoms with E-state index in [1.807, 2.05) is 17.6 Å². The summed E-state index contributed by atoms with van der Waals surface area (Å²) < 4.78 is 34.9. The number of carbonyl (C=O) groups is 1. The van der Waals surface area contributed by atoms with Crippen LogP contribution in [0.1, 0.15) is 48.3 Å². The molecule has 32 heavy (non-hydrogen) atoms. The number of aromatic nitrogens is 1. The summed E-state index contributed by atoms with van der Waals surface area (Å²) in [7, 11) is -3.56. The second-order valence-corrected chi connectivity index (χ2v) is 11.6. The van der Waals surface area contributed by atoms with Crippen molar-refractivity contribution in [3.8, 4) is 0 Å². The Bertz CT molecular complexity index is 1130. The highest BCUT2D eigenvalue weighted by molar-refractivity contribution is 7.89. The van der Waals surface area contributed by atoms with Crippen molar-refractivity contribution in [1.29, 1.82) is 0 Å². The van der Waals surface area contributed by atoms with E-state index < -0.39 is 16.0 Å². The van der Waals surface area contributed by atoms with Crippen LogP contribution in [0.15, 0.2) is 29.2 Å². The van der Waals surface area contributed by atoms with Gasteiger partial charge in [-0.1, -0.05) is 26.0 Å². The lowest BCUT2D eigenvalue weighted by Crippen LogP contribution is -2.40. The molecule has 0 radical (unpaired) electrons. The Labute approximate surface area is 190 Å². The summed E-state index contributed by atoms with van der Waals surface area (Å²) in [6.07, 6.45) is 3.37. The highest BCUT2D eigenvalue weighted by Crippen LogP contribution is 2.39. The van der Waals surface area contributed by atoms with Crippen molar-refractivity contribution >= 4 is 16.0 Å². The van der Waals surface area contributed by atoms with E-state index in [2.05, 4.69) is 13.8 Å². The second-order valence-electron chi connectivity index (χ2n) is 9.65. The predicted octanol–water partition coefficient (Wildman–Crippen LogP) is 3.01. The van der Waals surface area contributed by atoms with Crippen molar-refractivity contribution in [2.45, 2.75) is 57.9 Å². The summed E-state index contributed by atoms with van der Waals surface area (Å²) in [6, 6.07) is 7.16. The SMILES string of the molecule is Cc1c(Cc2cccc(S(=O)(=O)N3CCOCC3)c2)c2c(n1CC(=O)O)CCC(C)(C)C2. The molecule has 8 heteroatoms. The Kier molecular flexibility index (Phi) is 6.22. The molecule has 0 bridgehead atoms. The zero-order valence-electron chi connectivity index (χ0n) is 19.1. The molecule has 0 saturated carbocycles. The first kappa shape index (κ1) is 23.0. The van der Waals surface area contributed by atoms with E-state index in [-0.39, 0.29) is 12.0 Å². The molecule has 0 atom stereocenters. The smallest absolute Gasteiger partial charge is 0.323 e. The molecular formula is C24H32N2O5S. The Hall–Kier alpha value is -2.16. The van der Waals surface area contributed by atoms with E-state index in [4.69, 9.17) is 4.74 Å². The molecule has 0 spiro atoms. The Morgan fingerprint density at radius 3 is 2.62 bits per heavy atom. The molecule has 7 nitrogen and oxygen atoms in total. The van der Waals surface area contributed by atoms with Crippen LogP contribution in [0.25, 0.3) is 0 Å². The fraction of sp³-hybridized carbons (Fsp3) is 0.542. The van der Waals surface area contributed by atoms with E-state index in [0.717, 1.165) is 41.8 Å². The molecule has 174 valence electrons. The molecule has 0 amide bonds. The average Bonchev–Trinajstić information content (AvgIpc) is 2.98. The van der Waals surface area contributed by atoms with Crippen molar-refractivity contribution in [2.75, 3.05) is 26.3 Å². The van der Waals surface area contributed by atoms with Crippen LogP contribution in [0.5, 0.6) is 0 Å². The maximum Gasteiger partial charge on any atom is 0.323 e. The van der Waals surface area contributed by atoms with Crippen LogP contribution >= 0.6 is 0 Å². The third-order valence-corrected chi connectivity index (χ3v) is 8.65. The number of carboxylic acid groups (broad SMARTS) is 1. The predicted molar refractivity (Wildman–Crippen MR) is 121 cm³/mol. The van der Waals surface area contributed by atoms with Crippen molar-refractivity contribution in [1.82, 2.24) is 8.87 Å². The highest BCUT2D eigenvalue weighted by Gasteiger charge is 2.32. The summed E-state index contributed by atoms with van der Waals surface area (Å²) in [4.78, 5) is 11.8. The lowest BCUT2D eigenvalue weighted by Gasteiger charge is -2.31. The van der Waals surface area contributed by atoms with Crippen LogP contribution in [0.2, 0.25) is 0 Å². The summed E-state index contributed by atoms with van der Waals surface area (Å²) in [5.74, 6) is -0.846. The Morgan fingerprint density at radius 1 is 1.22 bits per heavy atom. The van der Waals surface area contributed by atoms with Gasteiger partial charge in [-0.25, -0.2) is 8.42 Å². The van der Waals surface area contributed by atoms with Gasteiger partial charge in [0.05, 0.1) is 18.1 Å². The first-order chi connectivity index (χ1) is 15.1. The molecule has 1 fully saturated rings. The van der Waals surface area contributed by atoms with Gasteiger partial charge >= 0.3 is 5.97 Å². The average molecular weight is 461 g/mol. The van der Waals surface area contributed by atoms with Gasteiger partial charge in [-0.3, -0.25) is 4.79 Å². The van der Waals surface area contributed by atoms with Crippen molar-refractivity contribution < 1.29 is 23.1 Å². The van der Waals surface area contributed by atoms with Crippen LogP contribution in [-0.4, -0.2) is 54.7 Å². The minimum Gasteiger partial charge on any atom is -0.480 e. The van der Waals surface area contributed by atoms with Gasteiger partial charge in [-0.2, -0.15) is 4.31 Å². The summed E-state index contributed by atoms with van der Waals surface area (Å²) in [5, 5.41) is 9.44. The molecule has 2 heterocycles. The topological polar surface area (TPSA) is 88.8 Å². The Balaban J connectivity index is 1.70. The number of ether oxygens (including phenoxy) is 1. The lowest BCUT2D eigenvalue weighted by atomic mass is 9.75. The minimum atomic E-state index is -3.56. The molecule has 1 N–H and O–H groups in total. The quantitative estimate of drug-likeness (QED) is 0.716. The summed E-state index contributed by atoms with van der Waals surface area (Å²) in [6.45, 7) is 8.00. The van der Waals surface area contributed by atoms with Gasteiger partial charge in [-0.05, 0) is 66.8 Å². The van der Waals surface area contributed by atoms with Crippen LogP contribution in [-0.2, 0) is 45.4 Å². The first-order valence-corrected chi connectivity index (χ1v) is 12.6. The normalized spacial score (nSPS) is 19.0. The molecule has 4 rings (SSSR count). The molecule has 0 unspecified atom stereocenters. The number of benzene rings is 1. The molecule has 2 aliphatic rings. The van der Waals surface area contributed by atoms with E-state index in [1.54, 1.807) is 18.2 Å². The zero-order valence-corrected chi connectivity index (χ0v) is 19.9. The van der Waals surface area contributed by atoms with Gasteiger partial charge in [0.2, 0.25) is 10.0 Å². The van der Waals surface area contributed by atoms with Gasteiger partial charge < -0.3 is 14.4 Å². The first-order valence-electron chi connectivity index (χ1n) is 11.2. The number of aliphatic carboxylic acids is 1. The molecule has 1 aromatic carbocycles. The van der Waals surface area contributed by atoms with E-state index in [0.29, 0.717) is 37.6 Å². The van der Waals surface area contributed by atoms with Crippen LogP contribution in [0.3, 0.4) is 0 Å². The molecule has 1 aromatic heterocycles. The minimum absolute atomic E-state index is 0.0416. The highest BCUT2D eigenvalue weighted by atomic mass is 32.2. The van der Waals surface area contributed by atoms with E-state index >= 15 is 0 Å². The second kappa shape index (κ2) is 8.65. The van der Waals surface area contributed by atoms with Crippen molar-refractivity contribution in [3.63, 3.8) is 0 Å². The molecule has 1 aliphatic carbocycles. The van der Waals surface area contributed by atoms with Crippen LogP contribution in [0, 0.1) is 12.3 Å². The number of rotatable bonds is 6. The number of hydrogen-bond donors (Lipinski definition) is 1. The zero-order chi connectivity index (χ0) is 23.1. The summed E-state index contributed by atoms with van der Waals surface area (Å²) in [5.41, 5.74) is 5.54.